The number of halogens is 3. The Balaban J connectivity index is 1.84. The second-order valence-corrected chi connectivity index (χ2v) is 10.3. The third-order valence-corrected chi connectivity index (χ3v) is 6.83. The number of alkyl halides is 3. The van der Waals surface area contributed by atoms with Crippen LogP contribution in [0.25, 0.3) is 10.9 Å². The number of anilines is 1. The van der Waals surface area contributed by atoms with Gasteiger partial charge in [0.2, 0.25) is 5.95 Å². The predicted octanol–water partition coefficient (Wildman–Crippen LogP) is 3.56. The van der Waals surface area contributed by atoms with Crippen molar-refractivity contribution in [2.75, 3.05) is 17.7 Å². The van der Waals surface area contributed by atoms with Gasteiger partial charge in [0.25, 0.3) is 0 Å². The molecule has 2 aromatic heterocycles. The van der Waals surface area contributed by atoms with Gasteiger partial charge in [-0.2, -0.15) is 13.2 Å². The topological polar surface area (TPSA) is 88.3 Å². The summed E-state index contributed by atoms with van der Waals surface area (Å²) in [5, 5.41) is 10.1. The van der Waals surface area contributed by atoms with Crippen molar-refractivity contribution in [1.82, 2.24) is 14.5 Å². The van der Waals surface area contributed by atoms with Crippen LogP contribution < -0.4 is 4.90 Å². The second-order valence-electron chi connectivity index (χ2n) is 8.30. The smallest absolute Gasteiger partial charge is 0.392 e. The predicted molar refractivity (Wildman–Crippen MR) is 113 cm³/mol. The lowest BCUT2D eigenvalue weighted by Gasteiger charge is -2.39. The zero-order chi connectivity index (χ0) is 23.4. The van der Waals surface area contributed by atoms with Gasteiger partial charge in [-0.15, -0.1) is 0 Å². The summed E-state index contributed by atoms with van der Waals surface area (Å²) in [7, 11) is -3.38. The third-order valence-electron chi connectivity index (χ3n) is 5.72. The van der Waals surface area contributed by atoms with Gasteiger partial charge in [-0.3, -0.25) is 0 Å². The highest BCUT2D eigenvalue weighted by Gasteiger charge is 2.38. The average molecular weight is 469 g/mol. The normalized spacial score (nSPS) is 17.2. The van der Waals surface area contributed by atoms with Gasteiger partial charge in [-0.05, 0) is 24.1 Å². The van der Waals surface area contributed by atoms with Gasteiger partial charge in [0.15, 0.2) is 15.5 Å². The average Bonchev–Trinajstić information content (AvgIpc) is 3.08. The molecule has 0 spiro atoms. The number of nitrogens with zero attached hydrogens (tertiary/aromatic N) is 4. The highest BCUT2D eigenvalue weighted by Crippen LogP contribution is 2.39. The Bertz CT molecular complexity index is 1290. The Morgan fingerprint density at radius 1 is 1.22 bits per heavy atom. The van der Waals surface area contributed by atoms with E-state index >= 15 is 0 Å². The standard InChI is InChI=1S/C21H23F3N4O3S/c1-12(2)18-17-8-13-4-5-15(32(3,30)31)9-16(13)27(17)6-7-28(18)20-25-10-14(11-29)19(26-20)21(22,23)24/h4-5,8-10,12,18,29H,6-7,11H2,1-3H3. The summed E-state index contributed by atoms with van der Waals surface area (Å²) < 4.78 is 66.4. The SMILES string of the molecule is CC(C)C1c2cc3ccc(S(C)(=O)=O)cc3n2CCN1c1ncc(CO)c(C(F)(F)F)n1. The van der Waals surface area contributed by atoms with Crippen molar-refractivity contribution in [2.45, 2.75) is 44.1 Å². The van der Waals surface area contributed by atoms with Crippen LogP contribution in [0.2, 0.25) is 0 Å². The molecule has 0 aliphatic carbocycles. The number of aliphatic hydroxyl groups is 1. The van der Waals surface area contributed by atoms with Gasteiger partial charge in [0.05, 0.1) is 17.5 Å². The Morgan fingerprint density at radius 3 is 2.53 bits per heavy atom. The largest absolute Gasteiger partial charge is 0.433 e. The maximum atomic E-state index is 13.5. The highest BCUT2D eigenvalue weighted by atomic mass is 32.2. The first-order valence-electron chi connectivity index (χ1n) is 10.1. The van der Waals surface area contributed by atoms with E-state index in [4.69, 9.17) is 0 Å². The van der Waals surface area contributed by atoms with E-state index in [1.54, 1.807) is 23.1 Å². The van der Waals surface area contributed by atoms with Crippen LogP contribution >= 0.6 is 0 Å². The fourth-order valence-electron chi connectivity index (χ4n) is 4.31. The molecule has 0 radical (unpaired) electrons. The summed E-state index contributed by atoms with van der Waals surface area (Å²) in [5.41, 5.74) is 0.106. The number of aliphatic hydroxyl groups excluding tert-OH is 1. The van der Waals surface area contributed by atoms with E-state index in [9.17, 15) is 26.7 Å². The Kier molecular flexibility index (Phi) is 5.44. The number of rotatable bonds is 4. The molecule has 0 bridgehead atoms. The first-order chi connectivity index (χ1) is 14.9. The van der Waals surface area contributed by atoms with Gasteiger partial charge in [0, 0.05) is 47.7 Å². The van der Waals surface area contributed by atoms with Gasteiger partial charge >= 0.3 is 6.18 Å². The molecule has 1 aliphatic rings. The molecule has 1 atom stereocenters. The van der Waals surface area contributed by atoms with Crippen LogP contribution in [0.3, 0.4) is 0 Å². The molecular formula is C21H23F3N4O3S. The summed E-state index contributed by atoms with van der Waals surface area (Å²) in [6.07, 6.45) is -2.54. The number of aromatic nitrogens is 3. The number of sulfone groups is 1. The maximum Gasteiger partial charge on any atom is 0.433 e. The van der Waals surface area contributed by atoms with Crippen LogP contribution in [0.5, 0.6) is 0 Å². The minimum Gasteiger partial charge on any atom is -0.392 e. The molecule has 0 saturated carbocycles. The molecule has 1 N–H and O–H groups in total. The first-order valence-corrected chi connectivity index (χ1v) is 11.9. The quantitative estimate of drug-likeness (QED) is 0.630. The molecule has 1 aliphatic heterocycles. The first kappa shape index (κ1) is 22.5. The van der Waals surface area contributed by atoms with E-state index in [1.807, 2.05) is 24.5 Å². The van der Waals surface area contributed by atoms with E-state index < -0.39 is 28.3 Å². The van der Waals surface area contributed by atoms with E-state index in [2.05, 4.69) is 9.97 Å². The molecule has 7 nitrogen and oxygen atoms in total. The van der Waals surface area contributed by atoms with Crippen LogP contribution in [0.1, 0.15) is 36.8 Å². The Morgan fingerprint density at radius 2 is 1.94 bits per heavy atom. The van der Waals surface area contributed by atoms with Crippen molar-refractivity contribution in [1.29, 1.82) is 0 Å². The van der Waals surface area contributed by atoms with Crippen molar-refractivity contribution < 1.29 is 26.7 Å². The lowest BCUT2D eigenvalue weighted by molar-refractivity contribution is -0.142. The number of hydrogen-bond donors (Lipinski definition) is 1. The maximum absolute atomic E-state index is 13.5. The molecule has 0 saturated heterocycles. The Hall–Kier alpha value is -2.66. The van der Waals surface area contributed by atoms with Crippen LogP contribution in [-0.4, -0.2) is 40.9 Å². The number of fused-ring (bicyclic) bond motifs is 3. The Labute approximate surface area is 183 Å². The van der Waals surface area contributed by atoms with Gasteiger partial charge in [-0.1, -0.05) is 19.9 Å². The molecular weight excluding hydrogens is 445 g/mol. The minimum atomic E-state index is -4.71. The summed E-state index contributed by atoms with van der Waals surface area (Å²) in [5.74, 6) is -0.0512. The molecule has 32 heavy (non-hydrogen) atoms. The molecule has 0 amide bonds. The lowest BCUT2D eigenvalue weighted by atomic mass is 9.97. The van der Waals surface area contributed by atoms with Crippen molar-refractivity contribution >= 4 is 26.7 Å². The summed E-state index contributed by atoms with van der Waals surface area (Å²) >= 11 is 0. The lowest BCUT2D eigenvalue weighted by Crippen LogP contribution is -2.41. The van der Waals surface area contributed by atoms with Crippen LogP contribution in [0, 0.1) is 5.92 Å². The zero-order valence-corrected chi connectivity index (χ0v) is 18.6. The summed E-state index contributed by atoms with van der Waals surface area (Å²) in [4.78, 5) is 9.86. The monoisotopic (exact) mass is 468 g/mol. The highest BCUT2D eigenvalue weighted by molar-refractivity contribution is 7.90. The van der Waals surface area contributed by atoms with Gasteiger partial charge in [-0.25, -0.2) is 18.4 Å². The fourth-order valence-corrected chi connectivity index (χ4v) is 4.95. The number of benzene rings is 1. The van der Waals surface area contributed by atoms with Crippen molar-refractivity contribution in [3.8, 4) is 0 Å². The molecule has 1 aromatic carbocycles. The van der Waals surface area contributed by atoms with E-state index in [-0.39, 0.29) is 28.4 Å². The van der Waals surface area contributed by atoms with E-state index in [0.717, 1.165) is 29.0 Å². The van der Waals surface area contributed by atoms with Crippen LogP contribution in [-0.2, 0) is 29.2 Å². The van der Waals surface area contributed by atoms with Crippen molar-refractivity contribution in [3.63, 3.8) is 0 Å². The van der Waals surface area contributed by atoms with Crippen LogP contribution in [0.15, 0.2) is 35.4 Å². The molecule has 0 fully saturated rings. The summed E-state index contributed by atoms with van der Waals surface area (Å²) in [6, 6.07) is 6.55. The molecule has 11 heteroatoms. The zero-order valence-electron chi connectivity index (χ0n) is 17.8. The van der Waals surface area contributed by atoms with E-state index in [0.29, 0.717) is 13.1 Å². The molecule has 4 rings (SSSR count). The third kappa shape index (κ3) is 3.83. The molecule has 3 heterocycles. The van der Waals surface area contributed by atoms with Crippen molar-refractivity contribution in [2.24, 2.45) is 5.92 Å². The van der Waals surface area contributed by atoms with Crippen LogP contribution in [0.4, 0.5) is 19.1 Å². The van der Waals surface area contributed by atoms with Gasteiger partial charge < -0.3 is 14.6 Å². The molecule has 3 aromatic rings. The minimum absolute atomic E-state index is 0.00296. The number of hydrogen-bond acceptors (Lipinski definition) is 6. The fraction of sp³-hybridized carbons (Fsp3) is 0.429. The van der Waals surface area contributed by atoms with Gasteiger partial charge in [0.1, 0.15) is 0 Å². The molecule has 172 valence electrons. The second kappa shape index (κ2) is 7.73. The molecule has 1 unspecified atom stereocenters. The summed E-state index contributed by atoms with van der Waals surface area (Å²) in [6.45, 7) is 3.89. The van der Waals surface area contributed by atoms with E-state index in [1.165, 1.54) is 0 Å². The van der Waals surface area contributed by atoms with Crippen molar-refractivity contribution in [3.05, 3.63) is 47.4 Å².